The summed E-state index contributed by atoms with van der Waals surface area (Å²) in [6.45, 7) is 2.86. The molecule has 0 fully saturated rings. The minimum Gasteiger partial charge on any atom is -0.381 e. The topological polar surface area (TPSA) is 40.7 Å². The number of nitrogens with zero attached hydrogens (tertiary/aromatic N) is 1. The third-order valence-electron chi connectivity index (χ3n) is 3.01. The molecule has 2 N–H and O–H groups in total. The highest BCUT2D eigenvalue weighted by atomic mass is 32.1. The molecule has 0 amide bonds. The van der Waals surface area contributed by atoms with Crippen molar-refractivity contribution in [2.24, 2.45) is 0 Å². The van der Waals surface area contributed by atoms with Crippen molar-refractivity contribution in [2.45, 2.75) is 13.5 Å². The maximum atomic E-state index is 4.33. The Morgan fingerprint density at radius 3 is 2.79 bits per heavy atom. The van der Waals surface area contributed by atoms with Crippen LogP contribution in [0.15, 0.2) is 48.0 Å². The molecule has 3 aromatic rings. The molecule has 3 nitrogen and oxygen atoms in total. The van der Waals surface area contributed by atoms with Gasteiger partial charge in [0, 0.05) is 24.0 Å². The van der Waals surface area contributed by atoms with E-state index in [0.717, 1.165) is 17.9 Å². The summed E-state index contributed by atoms with van der Waals surface area (Å²) in [7, 11) is 0. The summed E-state index contributed by atoms with van der Waals surface area (Å²) in [5.41, 5.74) is 4.62. The van der Waals surface area contributed by atoms with Gasteiger partial charge < -0.3 is 5.32 Å². The number of H-pyrrole nitrogens is 1. The first-order valence-electron chi connectivity index (χ1n) is 6.20. The Morgan fingerprint density at radius 2 is 2.05 bits per heavy atom. The van der Waals surface area contributed by atoms with Gasteiger partial charge in [-0.3, -0.25) is 5.10 Å². The van der Waals surface area contributed by atoms with Crippen LogP contribution in [0.2, 0.25) is 0 Å². The summed E-state index contributed by atoms with van der Waals surface area (Å²) in [6.07, 6.45) is 1.95. The Kier molecular flexibility index (Phi) is 3.33. The molecular weight excluding hydrogens is 254 g/mol. The van der Waals surface area contributed by atoms with Gasteiger partial charge in [0.05, 0.1) is 4.88 Å². The van der Waals surface area contributed by atoms with Gasteiger partial charge in [-0.1, -0.05) is 23.8 Å². The summed E-state index contributed by atoms with van der Waals surface area (Å²) < 4.78 is 0. The molecule has 2 aromatic heterocycles. The van der Waals surface area contributed by atoms with E-state index in [9.17, 15) is 0 Å². The van der Waals surface area contributed by atoms with Crippen LogP contribution in [-0.2, 0) is 6.54 Å². The van der Waals surface area contributed by atoms with Crippen LogP contribution in [0.4, 0.5) is 5.69 Å². The summed E-state index contributed by atoms with van der Waals surface area (Å²) in [6, 6.07) is 12.6. The molecule has 0 unspecified atom stereocenters. The number of thiophene rings is 1. The average Bonchev–Trinajstić information content (AvgIpc) is 3.08. The van der Waals surface area contributed by atoms with E-state index < -0.39 is 0 Å². The number of nitrogens with one attached hydrogen (secondary N) is 2. The van der Waals surface area contributed by atoms with Crippen LogP contribution in [-0.4, -0.2) is 10.2 Å². The maximum Gasteiger partial charge on any atom is 0.107 e. The molecule has 0 saturated carbocycles. The normalized spacial score (nSPS) is 10.6. The Morgan fingerprint density at radius 1 is 1.21 bits per heavy atom. The van der Waals surface area contributed by atoms with Crippen molar-refractivity contribution in [1.29, 1.82) is 0 Å². The third-order valence-corrected chi connectivity index (χ3v) is 3.88. The molecule has 0 atom stereocenters. The minimum atomic E-state index is 0.771. The molecule has 1 aromatic carbocycles. The molecule has 19 heavy (non-hydrogen) atoms. The number of hydrogen-bond donors (Lipinski definition) is 2. The lowest BCUT2D eigenvalue weighted by Gasteiger charge is -2.06. The second kappa shape index (κ2) is 5.28. The number of rotatable bonds is 4. The number of benzene rings is 1. The van der Waals surface area contributed by atoms with Crippen LogP contribution in [0.25, 0.3) is 10.6 Å². The number of aromatic nitrogens is 2. The quantitative estimate of drug-likeness (QED) is 0.750. The molecule has 0 saturated heterocycles. The van der Waals surface area contributed by atoms with E-state index in [2.05, 4.69) is 58.1 Å². The minimum absolute atomic E-state index is 0.771. The fourth-order valence-electron chi connectivity index (χ4n) is 1.95. The molecule has 2 heterocycles. The third kappa shape index (κ3) is 2.69. The van der Waals surface area contributed by atoms with E-state index in [1.807, 2.05) is 12.3 Å². The molecule has 0 aliphatic carbocycles. The largest absolute Gasteiger partial charge is 0.381 e. The lowest BCUT2D eigenvalue weighted by Crippen LogP contribution is -1.99. The average molecular weight is 269 g/mol. The number of hydrogen-bond acceptors (Lipinski definition) is 3. The molecular formula is C15H15N3S. The molecule has 96 valence electrons. The van der Waals surface area contributed by atoms with Crippen LogP contribution in [0, 0.1) is 6.92 Å². The van der Waals surface area contributed by atoms with Crippen LogP contribution >= 0.6 is 11.3 Å². The summed E-state index contributed by atoms with van der Waals surface area (Å²) >= 11 is 1.71. The van der Waals surface area contributed by atoms with Crippen LogP contribution < -0.4 is 5.32 Å². The molecule has 0 aliphatic rings. The lowest BCUT2D eigenvalue weighted by atomic mass is 10.2. The van der Waals surface area contributed by atoms with Gasteiger partial charge in [0.25, 0.3) is 0 Å². The van der Waals surface area contributed by atoms with Gasteiger partial charge in [0.15, 0.2) is 0 Å². The van der Waals surface area contributed by atoms with Crippen LogP contribution in [0.3, 0.4) is 0 Å². The van der Waals surface area contributed by atoms with Crippen molar-refractivity contribution in [1.82, 2.24) is 10.2 Å². The van der Waals surface area contributed by atoms with Crippen LogP contribution in [0.1, 0.15) is 11.1 Å². The molecule has 4 heteroatoms. The summed E-state index contributed by atoms with van der Waals surface area (Å²) in [5.74, 6) is 0. The second-order valence-corrected chi connectivity index (χ2v) is 5.40. The zero-order valence-corrected chi connectivity index (χ0v) is 11.5. The van der Waals surface area contributed by atoms with E-state index in [4.69, 9.17) is 0 Å². The van der Waals surface area contributed by atoms with Crippen molar-refractivity contribution >= 4 is 17.0 Å². The molecule has 0 bridgehead atoms. The molecule has 0 spiro atoms. The van der Waals surface area contributed by atoms with Gasteiger partial charge >= 0.3 is 0 Å². The first-order chi connectivity index (χ1) is 9.33. The number of aromatic amines is 1. The number of aryl methyl sites for hydroxylation is 1. The van der Waals surface area contributed by atoms with Gasteiger partial charge in [-0.15, -0.1) is 11.3 Å². The Bertz CT molecular complexity index is 638. The summed E-state index contributed by atoms with van der Waals surface area (Å²) in [4.78, 5) is 1.20. The van der Waals surface area contributed by atoms with E-state index >= 15 is 0 Å². The van der Waals surface area contributed by atoms with Crippen molar-refractivity contribution in [3.05, 3.63) is 59.1 Å². The fourth-order valence-corrected chi connectivity index (χ4v) is 2.69. The Labute approximate surface area is 116 Å². The maximum absolute atomic E-state index is 4.33. The standard InChI is InChI=1S/C15H15N3S/c1-11-4-6-13(7-5-11)16-9-12-10-17-18-15(12)14-3-2-8-19-14/h2-8,10,16H,9H2,1H3,(H,17,18). The SMILES string of the molecule is Cc1ccc(NCc2c[nH]nc2-c2cccs2)cc1. The van der Waals surface area contributed by atoms with Crippen molar-refractivity contribution in [3.8, 4) is 10.6 Å². The number of anilines is 1. The molecule has 0 radical (unpaired) electrons. The first kappa shape index (κ1) is 12.0. The lowest BCUT2D eigenvalue weighted by molar-refractivity contribution is 1.10. The molecule has 3 rings (SSSR count). The zero-order chi connectivity index (χ0) is 13.1. The van der Waals surface area contributed by atoms with E-state index in [1.54, 1.807) is 11.3 Å². The molecule has 0 aliphatic heterocycles. The van der Waals surface area contributed by atoms with Gasteiger partial charge in [-0.05, 0) is 30.5 Å². The van der Waals surface area contributed by atoms with E-state index in [1.165, 1.54) is 16.0 Å². The van der Waals surface area contributed by atoms with E-state index in [-0.39, 0.29) is 0 Å². The monoisotopic (exact) mass is 269 g/mol. The van der Waals surface area contributed by atoms with Gasteiger partial charge in [-0.25, -0.2) is 0 Å². The van der Waals surface area contributed by atoms with E-state index in [0.29, 0.717) is 0 Å². The smallest absolute Gasteiger partial charge is 0.107 e. The Hall–Kier alpha value is -2.07. The van der Waals surface area contributed by atoms with Crippen molar-refractivity contribution < 1.29 is 0 Å². The predicted octanol–water partition coefficient (Wildman–Crippen LogP) is 4.06. The second-order valence-electron chi connectivity index (χ2n) is 4.46. The van der Waals surface area contributed by atoms with Gasteiger partial charge in [0.2, 0.25) is 0 Å². The zero-order valence-electron chi connectivity index (χ0n) is 10.7. The highest BCUT2D eigenvalue weighted by Gasteiger charge is 2.08. The fraction of sp³-hybridized carbons (Fsp3) is 0.133. The highest BCUT2D eigenvalue weighted by Crippen LogP contribution is 2.26. The summed E-state index contributed by atoms with van der Waals surface area (Å²) in [5, 5.41) is 12.8. The van der Waals surface area contributed by atoms with Crippen LogP contribution in [0.5, 0.6) is 0 Å². The first-order valence-corrected chi connectivity index (χ1v) is 7.08. The van der Waals surface area contributed by atoms with Crippen molar-refractivity contribution in [3.63, 3.8) is 0 Å². The van der Waals surface area contributed by atoms with Crippen molar-refractivity contribution in [2.75, 3.05) is 5.32 Å². The van der Waals surface area contributed by atoms with Gasteiger partial charge in [0.1, 0.15) is 5.69 Å². The highest BCUT2D eigenvalue weighted by molar-refractivity contribution is 7.13. The van der Waals surface area contributed by atoms with Gasteiger partial charge in [-0.2, -0.15) is 5.10 Å². The predicted molar refractivity (Wildman–Crippen MR) is 80.4 cm³/mol. The Balaban J connectivity index is 1.74.